The second-order valence-corrected chi connectivity index (χ2v) is 12.2. The van der Waals surface area contributed by atoms with Crippen molar-refractivity contribution in [3.63, 3.8) is 0 Å². The normalized spacial score (nSPS) is 19.1. The number of aryl methyl sites for hydroxylation is 1. The highest BCUT2D eigenvalue weighted by Gasteiger charge is 2.38. The number of halogens is 1. The monoisotopic (exact) mass is 694 g/mol. The fourth-order valence-electron chi connectivity index (χ4n) is 5.17. The second kappa shape index (κ2) is 20.3. The van der Waals surface area contributed by atoms with E-state index in [0.717, 1.165) is 62.8 Å². The number of anilines is 2. The standard InChI is InChI=1S/C32H51ClN8O7/c1-3-4-5-8-15-41(18-23(42)26(44)27-24(43)19-47-20(2)48-27)16-17-46-22-12-10-21(11-13-22)9-6-7-14-37-32(36)40-31(45)25-29(34)39-30(35)28(33)38-25/h10-13,20,23-24,26-27,42-44H,3-9,14-19H2,1-2H3,(H4,34,35,39)(H3,36,37,40,45)/t20?,23-,24+,26+,27+/m0/s1. The number of rotatable bonds is 19. The van der Waals surface area contributed by atoms with Gasteiger partial charge in [-0.05, 0) is 56.8 Å². The summed E-state index contributed by atoms with van der Waals surface area (Å²) < 4.78 is 16.8. The van der Waals surface area contributed by atoms with Crippen molar-refractivity contribution in [2.24, 2.45) is 0 Å². The number of aromatic nitrogens is 2. The molecular formula is C32H51ClN8O7. The lowest BCUT2D eigenvalue weighted by atomic mass is 10.0. The summed E-state index contributed by atoms with van der Waals surface area (Å²) in [5, 5.41) is 44.8. The number of guanidine groups is 1. The van der Waals surface area contributed by atoms with Crippen LogP contribution in [0, 0.1) is 5.41 Å². The fourth-order valence-corrected chi connectivity index (χ4v) is 5.30. The molecular weight excluding hydrogens is 644 g/mol. The number of carbonyl (C=O) groups excluding carboxylic acids is 1. The van der Waals surface area contributed by atoms with Crippen LogP contribution in [0.1, 0.15) is 68.4 Å². The molecule has 2 aromatic rings. The number of nitrogens with zero attached hydrogens (tertiary/aromatic N) is 3. The van der Waals surface area contributed by atoms with E-state index < -0.39 is 36.6 Å². The summed E-state index contributed by atoms with van der Waals surface area (Å²) in [6.45, 7) is 6.30. The van der Waals surface area contributed by atoms with Gasteiger partial charge in [-0.2, -0.15) is 0 Å². The Morgan fingerprint density at radius 1 is 1.12 bits per heavy atom. The molecule has 48 heavy (non-hydrogen) atoms. The topological polar surface area (TPSA) is 234 Å². The van der Waals surface area contributed by atoms with Gasteiger partial charge in [-0.3, -0.25) is 20.4 Å². The Morgan fingerprint density at radius 3 is 2.60 bits per heavy atom. The predicted molar refractivity (Wildman–Crippen MR) is 183 cm³/mol. The molecule has 1 aliphatic heterocycles. The third-order valence-corrected chi connectivity index (χ3v) is 8.16. The fraction of sp³-hybridized carbons (Fsp3) is 0.625. The van der Waals surface area contributed by atoms with Gasteiger partial charge in [0.1, 0.15) is 30.7 Å². The van der Waals surface area contributed by atoms with Crippen molar-refractivity contribution in [1.82, 2.24) is 25.5 Å². The number of hydrogen-bond acceptors (Lipinski definition) is 13. The first-order valence-corrected chi connectivity index (χ1v) is 16.8. The highest BCUT2D eigenvalue weighted by Crippen LogP contribution is 2.20. The van der Waals surface area contributed by atoms with E-state index in [1.807, 2.05) is 24.3 Å². The molecule has 15 nitrogen and oxygen atoms in total. The van der Waals surface area contributed by atoms with Crippen LogP contribution in [-0.2, 0) is 15.9 Å². The number of carbonyl (C=O) groups is 1. The first-order chi connectivity index (χ1) is 23.0. The van der Waals surface area contributed by atoms with Crippen molar-refractivity contribution >= 4 is 35.1 Å². The minimum absolute atomic E-state index is 0.0447. The van der Waals surface area contributed by atoms with Crippen LogP contribution in [0.25, 0.3) is 0 Å². The Kier molecular flexibility index (Phi) is 16.5. The Bertz CT molecular complexity index is 1290. The number of nitrogen functional groups attached to an aromatic ring is 2. The molecule has 0 saturated carbocycles. The SMILES string of the molecule is CCCCCCN(CCOc1ccc(CCCCNC(=N)NC(=O)c2nc(Cl)c(N)nc2N)cc1)C[C@H](O)[C@@H](O)[C@@H]1OC(C)OC[C@H]1O. The van der Waals surface area contributed by atoms with Crippen LogP contribution in [-0.4, -0.2) is 112 Å². The average Bonchev–Trinajstić information content (AvgIpc) is 3.05. The first-order valence-electron chi connectivity index (χ1n) is 16.5. The van der Waals surface area contributed by atoms with Gasteiger partial charge < -0.3 is 46.3 Å². The molecule has 10 N–H and O–H groups in total. The van der Waals surface area contributed by atoms with Crippen molar-refractivity contribution in [2.75, 3.05) is 50.9 Å². The number of nitrogens with one attached hydrogen (secondary N) is 3. The molecule has 1 aliphatic rings. The molecule has 0 bridgehead atoms. The van der Waals surface area contributed by atoms with Crippen LogP contribution in [0.15, 0.2) is 24.3 Å². The summed E-state index contributed by atoms with van der Waals surface area (Å²) in [7, 11) is 0. The lowest BCUT2D eigenvalue weighted by molar-refractivity contribution is -0.272. The van der Waals surface area contributed by atoms with Crippen molar-refractivity contribution in [1.29, 1.82) is 5.41 Å². The van der Waals surface area contributed by atoms with Crippen LogP contribution >= 0.6 is 11.6 Å². The molecule has 268 valence electrons. The molecule has 0 spiro atoms. The summed E-state index contributed by atoms with van der Waals surface area (Å²) in [4.78, 5) is 22.0. The zero-order chi connectivity index (χ0) is 35.1. The van der Waals surface area contributed by atoms with E-state index in [1.54, 1.807) is 6.92 Å². The number of nitrogens with two attached hydrogens (primary N) is 2. The van der Waals surface area contributed by atoms with Crippen molar-refractivity contribution in [3.8, 4) is 5.75 Å². The summed E-state index contributed by atoms with van der Waals surface area (Å²) in [5.41, 5.74) is 12.1. The molecule has 1 aromatic carbocycles. The van der Waals surface area contributed by atoms with Crippen LogP contribution in [0.3, 0.4) is 0 Å². The van der Waals surface area contributed by atoms with Gasteiger partial charge in [0.25, 0.3) is 5.91 Å². The number of amides is 1. The Balaban J connectivity index is 1.37. The molecule has 1 saturated heterocycles. The highest BCUT2D eigenvalue weighted by molar-refractivity contribution is 6.31. The smallest absolute Gasteiger partial charge is 0.280 e. The molecule has 3 rings (SSSR count). The third-order valence-electron chi connectivity index (χ3n) is 7.89. The van der Waals surface area contributed by atoms with E-state index in [1.165, 1.54) is 0 Å². The zero-order valence-corrected chi connectivity index (χ0v) is 28.5. The Morgan fingerprint density at radius 2 is 1.88 bits per heavy atom. The molecule has 2 heterocycles. The summed E-state index contributed by atoms with van der Waals surface area (Å²) >= 11 is 5.81. The van der Waals surface area contributed by atoms with Crippen molar-refractivity contribution < 1.29 is 34.3 Å². The number of benzene rings is 1. The molecule has 16 heteroatoms. The quantitative estimate of drug-likeness (QED) is 0.0595. The minimum atomic E-state index is -1.25. The van der Waals surface area contributed by atoms with Gasteiger partial charge in [0.15, 0.2) is 34.7 Å². The van der Waals surface area contributed by atoms with Crippen molar-refractivity contribution in [2.45, 2.75) is 89.5 Å². The van der Waals surface area contributed by atoms with E-state index in [4.69, 9.17) is 42.7 Å². The molecule has 5 atom stereocenters. The lowest BCUT2D eigenvalue weighted by Crippen LogP contribution is -2.55. The largest absolute Gasteiger partial charge is 0.492 e. The maximum absolute atomic E-state index is 12.3. The summed E-state index contributed by atoms with van der Waals surface area (Å²) in [6.07, 6.45) is 1.88. The zero-order valence-electron chi connectivity index (χ0n) is 27.7. The molecule has 1 aromatic heterocycles. The molecule has 1 unspecified atom stereocenters. The van der Waals surface area contributed by atoms with Gasteiger partial charge in [-0.15, -0.1) is 0 Å². The lowest BCUT2D eigenvalue weighted by Gasteiger charge is -2.37. The van der Waals surface area contributed by atoms with Crippen LogP contribution in [0.4, 0.5) is 11.6 Å². The molecule has 0 aliphatic carbocycles. The van der Waals surface area contributed by atoms with E-state index in [0.29, 0.717) is 19.7 Å². The molecule has 0 radical (unpaired) electrons. The van der Waals surface area contributed by atoms with E-state index in [9.17, 15) is 20.1 Å². The Hall–Kier alpha value is -3.31. The number of ether oxygens (including phenoxy) is 3. The van der Waals surface area contributed by atoms with Gasteiger partial charge >= 0.3 is 0 Å². The number of aliphatic hydroxyl groups is 3. The second-order valence-electron chi connectivity index (χ2n) is 11.8. The van der Waals surface area contributed by atoms with Crippen molar-refractivity contribution in [3.05, 3.63) is 40.7 Å². The number of unbranched alkanes of at least 4 members (excludes halogenated alkanes) is 4. The van der Waals surface area contributed by atoms with Gasteiger partial charge in [-0.1, -0.05) is 49.9 Å². The average molecular weight is 695 g/mol. The minimum Gasteiger partial charge on any atom is -0.492 e. The Labute approximate surface area is 286 Å². The van der Waals surface area contributed by atoms with E-state index in [-0.39, 0.29) is 41.6 Å². The van der Waals surface area contributed by atoms with Crippen LogP contribution in [0.2, 0.25) is 5.15 Å². The van der Waals surface area contributed by atoms with Crippen LogP contribution in [0.5, 0.6) is 5.75 Å². The first kappa shape index (κ1) is 39.1. The number of aliphatic hydroxyl groups excluding tert-OH is 3. The van der Waals surface area contributed by atoms with Gasteiger partial charge in [-0.25, -0.2) is 9.97 Å². The van der Waals surface area contributed by atoms with Gasteiger partial charge in [0, 0.05) is 19.6 Å². The highest BCUT2D eigenvalue weighted by atomic mass is 35.5. The maximum Gasteiger partial charge on any atom is 0.280 e. The third kappa shape index (κ3) is 13.0. The molecule has 1 amide bonds. The maximum atomic E-state index is 12.3. The predicted octanol–water partition coefficient (Wildman–Crippen LogP) is 1.68. The summed E-state index contributed by atoms with van der Waals surface area (Å²) in [5.74, 6) is -0.432. The van der Waals surface area contributed by atoms with Gasteiger partial charge in [0.05, 0.1) is 12.7 Å². The molecule has 1 fully saturated rings. The van der Waals surface area contributed by atoms with E-state index in [2.05, 4.69) is 32.4 Å². The number of hydrogen-bond donors (Lipinski definition) is 8. The van der Waals surface area contributed by atoms with Gasteiger partial charge in [0.2, 0.25) is 0 Å². The van der Waals surface area contributed by atoms with Crippen LogP contribution < -0.4 is 26.8 Å². The summed E-state index contributed by atoms with van der Waals surface area (Å²) in [6, 6.07) is 7.87. The van der Waals surface area contributed by atoms with E-state index >= 15 is 0 Å².